The fraction of sp³-hybridized carbons (Fsp3) is 0.471. The van der Waals surface area contributed by atoms with E-state index in [1.54, 1.807) is 0 Å². The molecule has 0 saturated heterocycles. The highest BCUT2D eigenvalue weighted by Crippen LogP contribution is 2.15. The topological polar surface area (TPSA) is 91.9 Å². The Morgan fingerprint density at radius 3 is 2.46 bits per heavy atom. The average molecular weight is 373 g/mol. The molecular weight excluding hydrogens is 347 g/mol. The Morgan fingerprint density at radius 2 is 1.88 bits per heavy atom. The molecule has 0 aliphatic rings. The number of nitrogens with two attached hydrogens (primary N) is 1. The van der Waals surface area contributed by atoms with Crippen LogP contribution in [0.25, 0.3) is 0 Å². The van der Waals surface area contributed by atoms with E-state index in [0.29, 0.717) is 12.8 Å². The van der Waals surface area contributed by atoms with Crippen LogP contribution in [0.4, 0.5) is 13.2 Å². The minimum absolute atomic E-state index is 0.00445. The molecule has 1 aromatic rings. The van der Waals surface area contributed by atoms with Crippen LogP contribution >= 0.6 is 0 Å². The molecule has 0 saturated carbocycles. The van der Waals surface area contributed by atoms with Crippen molar-refractivity contribution in [1.82, 2.24) is 10.7 Å². The normalized spacial score (nSPS) is 11.7. The van der Waals surface area contributed by atoms with E-state index in [4.69, 9.17) is 0 Å². The van der Waals surface area contributed by atoms with Gasteiger partial charge in [-0.1, -0.05) is 30.3 Å². The van der Waals surface area contributed by atoms with Crippen molar-refractivity contribution in [3.05, 3.63) is 35.9 Å². The van der Waals surface area contributed by atoms with Gasteiger partial charge >= 0.3 is 6.18 Å². The highest BCUT2D eigenvalue weighted by molar-refractivity contribution is 5.88. The van der Waals surface area contributed by atoms with Gasteiger partial charge in [0, 0.05) is 19.2 Å². The molecular formula is C17H26F3N5O. The van der Waals surface area contributed by atoms with E-state index in [1.807, 2.05) is 35.8 Å². The van der Waals surface area contributed by atoms with Crippen LogP contribution in [0.1, 0.15) is 25.3 Å². The molecule has 0 radical (unpaired) electrons. The quantitative estimate of drug-likeness (QED) is 0.371. The van der Waals surface area contributed by atoms with Crippen molar-refractivity contribution < 1.29 is 18.0 Å². The molecule has 0 aliphatic carbocycles. The molecule has 0 heterocycles. The Bertz CT molecular complexity index is 559. The second kappa shape index (κ2) is 13.8. The van der Waals surface area contributed by atoms with Crippen molar-refractivity contribution in [3.63, 3.8) is 0 Å². The van der Waals surface area contributed by atoms with Gasteiger partial charge in [-0.25, -0.2) is 0 Å². The third-order valence-corrected chi connectivity index (χ3v) is 2.95. The van der Waals surface area contributed by atoms with Gasteiger partial charge in [0.05, 0.1) is 6.54 Å². The highest BCUT2D eigenvalue weighted by Gasteiger charge is 2.35. The fourth-order valence-electron chi connectivity index (χ4n) is 1.84. The van der Waals surface area contributed by atoms with E-state index < -0.39 is 12.0 Å². The van der Waals surface area contributed by atoms with Gasteiger partial charge in [-0.2, -0.15) is 18.3 Å². The SMILES string of the molecule is CCN=C(N/N=C/CNC(=O)CCCc1ccccc1)C(F)(F)F.CN. The minimum atomic E-state index is -4.58. The lowest BCUT2D eigenvalue weighted by molar-refractivity contribution is -0.120. The lowest BCUT2D eigenvalue weighted by Gasteiger charge is -2.08. The highest BCUT2D eigenvalue weighted by atomic mass is 19.4. The summed E-state index contributed by atoms with van der Waals surface area (Å²) in [6, 6.07) is 9.80. The number of rotatable bonds is 8. The number of nitrogens with one attached hydrogen (secondary N) is 2. The van der Waals surface area contributed by atoms with E-state index in [1.165, 1.54) is 14.0 Å². The first-order valence-electron chi connectivity index (χ1n) is 8.21. The molecule has 4 N–H and O–H groups in total. The summed E-state index contributed by atoms with van der Waals surface area (Å²) in [5.74, 6) is -1.33. The zero-order valence-electron chi connectivity index (χ0n) is 15.0. The Balaban J connectivity index is 0.00000301. The summed E-state index contributed by atoms with van der Waals surface area (Å²) in [5.41, 5.74) is 7.50. The summed E-state index contributed by atoms with van der Waals surface area (Å²) in [6.45, 7) is 1.54. The lowest BCUT2D eigenvalue weighted by atomic mass is 10.1. The minimum Gasteiger partial charge on any atom is -0.351 e. The van der Waals surface area contributed by atoms with Gasteiger partial charge in [0.25, 0.3) is 0 Å². The van der Waals surface area contributed by atoms with Crippen molar-refractivity contribution in [2.45, 2.75) is 32.4 Å². The first-order chi connectivity index (χ1) is 12.4. The van der Waals surface area contributed by atoms with Gasteiger partial charge in [-0.3, -0.25) is 15.2 Å². The van der Waals surface area contributed by atoms with E-state index in [9.17, 15) is 18.0 Å². The smallest absolute Gasteiger partial charge is 0.351 e. The number of nitrogens with zero attached hydrogens (tertiary/aromatic N) is 2. The van der Waals surface area contributed by atoms with E-state index in [-0.39, 0.29) is 19.0 Å². The number of aliphatic imine (C=N–C) groups is 1. The van der Waals surface area contributed by atoms with Crippen molar-refractivity contribution in [2.75, 3.05) is 20.1 Å². The number of carbonyl (C=O) groups excluding carboxylic acids is 1. The number of hydrogen-bond donors (Lipinski definition) is 3. The molecule has 146 valence electrons. The lowest BCUT2D eigenvalue weighted by Crippen LogP contribution is -2.35. The molecule has 9 heteroatoms. The number of benzene rings is 1. The fourth-order valence-corrected chi connectivity index (χ4v) is 1.84. The summed E-state index contributed by atoms with van der Waals surface area (Å²) >= 11 is 0. The molecule has 26 heavy (non-hydrogen) atoms. The standard InChI is InChI=1S/C16H21F3N4O.CH5N/c1-2-20-15(16(17,18)19)23-22-12-11-21-14(24)10-6-9-13-7-4-3-5-8-13;1-2/h3-5,7-8,12H,2,6,9-11H2,1H3,(H,20,23)(H,21,24);2H2,1H3/b22-12+;. The number of carbonyl (C=O) groups is 1. The summed E-state index contributed by atoms with van der Waals surface area (Å²) in [7, 11) is 1.50. The summed E-state index contributed by atoms with van der Waals surface area (Å²) in [5, 5.41) is 5.98. The number of aryl methyl sites for hydroxylation is 1. The average Bonchev–Trinajstić information content (AvgIpc) is 2.62. The van der Waals surface area contributed by atoms with Gasteiger partial charge in [0.2, 0.25) is 11.7 Å². The Kier molecular flexibility index (Phi) is 12.5. The largest absolute Gasteiger partial charge is 0.450 e. The number of alkyl halides is 3. The second-order valence-electron chi connectivity index (χ2n) is 4.89. The molecule has 1 rings (SSSR count). The first-order valence-corrected chi connectivity index (χ1v) is 8.21. The van der Waals surface area contributed by atoms with Crippen molar-refractivity contribution in [2.24, 2.45) is 15.8 Å². The summed E-state index contributed by atoms with van der Waals surface area (Å²) < 4.78 is 37.5. The maximum absolute atomic E-state index is 12.5. The molecule has 0 atom stereocenters. The van der Waals surface area contributed by atoms with Crippen LogP contribution in [0, 0.1) is 0 Å². The van der Waals surface area contributed by atoms with E-state index in [2.05, 4.69) is 21.1 Å². The molecule has 0 spiro atoms. The Morgan fingerprint density at radius 1 is 1.23 bits per heavy atom. The first kappa shape index (κ1) is 23.6. The van der Waals surface area contributed by atoms with Gasteiger partial charge in [0.15, 0.2) is 0 Å². The molecule has 0 bridgehead atoms. The van der Waals surface area contributed by atoms with Crippen LogP contribution in [0.3, 0.4) is 0 Å². The monoisotopic (exact) mass is 373 g/mol. The number of hydrogen-bond acceptors (Lipinski definition) is 4. The maximum atomic E-state index is 12.5. The van der Waals surface area contributed by atoms with Gasteiger partial charge < -0.3 is 11.1 Å². The zero-order chi connectivity index (χ0) is 19.8. The Hall–Kier alpha value is -2.42. The molecule has 0 unspecified atom stereocenters. The molecule has 1 amide bonds. The third kappa shape index (κ3) is 11.2. The second-order valence-corrected chi connectivity index (χ2v) is 4.89. The molecule has 0 aliphatic heterocycles. The van der Waals surface area contributed by atoms with Crippen LogP contribution in [0.15, 0.2) is 40.4 Å². The van der Waals surface area contributed by atoms with Crippen LogP contribution < -0.4 is 16.5 Å². The predicted molar refractivity (Wildman–Crippen MR) is 98.2 cm³/mol. The van der Waals surface area contributed by atoms with Gasteiger partial charge in [-0.05, 0) is 32.4 Å². The van der Waals surface area contributed by atoms with Crippen molar-refractivity contribution >= 4 is 18.0 Å². The summed E-state index contributed by atoms with van der Waals surface area (Å²) in [4.78, 5) is 14.9. The van der Waals surface area contributed by atoms with Crippen LogP contribution in [-0.4, -0.2) is 44.3 Å². The zero-order valence-corrected chi connectivity index (χ0v) is 15.0. The van der Waals surface area contributed by atoms with E-state index in [0.717, 1.165) is 18.2 Å². The molecule has 0 aromatic heterocycles. The van der Waals surface area contributed by atoms with Crippen molar-refractivity contribution in [1.29, 1.82) is 0 Å². The van der Waals surface area contributed by atoms with Crippen LogP contribution in [-0.2, 0) is 11.2 Å². The Labute approximate surface area is 151 Å². The molecule has 1 aromatic carbocycles. The molecule has 6 nitrogen and oxygen atoms in total. The number of amidine groups is 1. The van der Waals surface area contributed by atoms with Crippen LogP contribution in [0.5, 0.6) is 0 Å². The number of hydrazone groups is 1. The maximum Gasteiger partial charge on any atom is 0.450 e. The predicted octanol–water partition coefficient (Wildman–Crippen LogP) is 2.26. The van der Waals surface area contributed by atoms with Crippen LogP contribution in [0.2, 0.25) is 0 Å². The molecule has 0 fully saturated rings. The summed E-state index contributed by atoms with van der Waals surface area (Å²) in [6.07, 6.45) is -1.57. The number of amides is 1. The third-order valence-electron chi connectivity index (χ3n) is 2.95. The van der Waals surface area contributed by atoms with Gasteiger partial charge in [-0.15, -0.1) is 0 Å². The van der Waals surface area contributed by atoms with Crippen molar-refractivity contribution in [3.8, 4) is 0 Å². The number of halogens is 3. The van der Waals surface area contributed by atoms with E-state index >= 15 is 0 Å². The van der Waals surface area contributed by atoms with Gasteiger partial charge in [0.1, 0.15) is 0 Å².